The third-order valence-corrected chi connectivity index (χ3v) is 6.05. The number of nitrogens with one attached hydrogen (secondary N) is 1. The molecule has 2 aromatic carbocycles. The quantitative estimate of drug-likeness (QED) is 0.658. The number of carbonyl (C=O) groups is 2. The van der Waals surface area contributed by atoms with Crippen LogP contribution in [0, 0.1) is 0 Å². The van der Waals surface area contributed by atoms with Crippen LogP contribution in [0.2, 0.25) is 0 Å². The van der Waals surface area contributed by atoms with Crippen LogP contribution in [0.3, 0.4) is 0 Å². The first-order chi connectivity index (χ1) is 15.2. The number of methoxy groups -OCH3 is 1. The lowest BCUT2D eigenvalue weighted by atomic mass is 9.79. The van der Waals surface area contributed by atoms with Crippen molar-refractivity contribution in [3.05, 3.63) is 89.4 Å². The predicted molar refractivity (Wildman–Crippen MR) is 115 cm³/mol. The Morgan fingerprint density at radius 1 is 1.13 bits per heavy atom. The molecule has 1 saturated carbocycles. The third kappa shape index (κ3) is 3.58. The van der Waals surface area contributed by atoms with Crippen molar-refractivity contribution in [3.63, 3.8) is 0 Å². The summed E-state index contributed by atoms with van der Waals surface area (Å²) in [6.45, 7) is 0.298. The average Bonchev–Trinajstić information content (AvgIpc) is 3.51. The van der Waals surface area contributed by atoms with E-state index in [-0.39, 0.29) is 17.9 Å². The molecule has 31 heavy (non-hydrogen) atoms. The van der Waals surface area contributed by atoms with Gasteiger partial charge in [0.2, 0.25) is 5.91 Å². The maximum absolute atomic E-state index is 13.6. The van der Waals surface area contributed by atoms with E-state index in [0.29, 0.717) is 23.6 Å². The molecule has 6 nitrogen and oxygen atoms in total. The van der Waals surface area contributed by atoms with Crippen molar-refractivity contribution in [2.75, 3.05) is 7.11 Å². The molecular weight excluding hydrogens is 392 g/mol. The number of nitrogens with zero attached hydrogens (tertiary/aromatic N) is 1. The number of benzene rings is 2. The molecule has 6 heteroatoms. The summed E-state index contributed by atoms with van der Waals surface area (Å²) >= 11 is 0. The normalized spacial score (nSPS) is 20.3. The molecule has 1 aromatic heterocycles. The number of fused-ring (bicyclic) bond motifs is 1. The number of hydrogen-bond donors (Lipinski definition) is 1. The van der Waals surface area contributed by atoms with Gasteiger partial charge in [0.1, 0.15) is 11.5 Å². The number of ether oxygens (including phenoxy) is 1. The van der Waals surface area contributed by atoms with E-state index in [2.05, 4.69) is 5.32 Å². The van der Waals surface area contributed by atoms with Crippen molar-refractivity contribution in [2.45, 2.75) is 37.4 Å². The lowest BCUT2D eigenvalue weighted by Gasteiger charge is -2.42. The van der Waals surface area contributed by atoms with Crippen LogP contribution in [0.15, 0.2) is 71.3 Å². The van der Waals surface area contributed by atoms with Crippen molar-refractivity contribution in [1.82, 2.24) is 10.2 Å². The summed E-state index contributed by atoms with van der Waals surface area (Å²) < 4.78 is 10.8. The zero-order valence-corrected chi connectivity index (χ0v) is 17.3. The van der Waals surface area contributed by atoms with Crippen LogP contribution >= 0.6 is 0 Å². The van der Waals surface area contributed by atoms with Crippen LogP contribution in [0.5, 0.6) is 5.75 Å². The van der Waals surface area contributed by atoms with Crippen molar-refractivity contribution < 1.29 is 18.7 Å². The van der Waals surface area contributed by atoms with Gasteiger partial charge in [-0.2, -0.15) is 0 Å². The van der Waals surface area contributed by atoms with Crippen LogP contribution < -0.4 is 10.1 Å². The summed E-state index contributed by atoms with van der Waals surface area (Å²) in [6.07, 6.45) is 3.49. The zero-order chi connectivity index (χ0) is 21.4. The molecule has 1 aliphatic carbocycles. The fourth-order valence-corrected chi connectivity index (χ4v) is 4.47. The Balaban J connectivity index is 1.59. The number of amides is 2. The summed E-state index contributed by atoms with van der Waals surface area (Å²) in [4.78, 5) is 29.0. The summed E-state index contributed by atoms with van der Waals surface area (Å²) in [5.74, 6) is 0.715. The van der Waals surface area contributed by atoms with Crippen molar-refractivity contribution in [2.24, 2.45) is 0 Å². The second kappa shape index (κ2) is 7.95. The molecule has 0 bridgehead atoms. The average molecular weight is 416 g/mol. The van der Waals surface area contributed by atoms with E-state index in [0.717, 1.165) is 24.0 Å². The Morgan fingerprint density at radius 3 is 2.71 bits per heavy atom. The second-order valence-electron chi connectivity index (χ2n) is 8.03. The SMILES string of the molecule is COc1cccc([C@@H]2[C@H](C(=O)NCc3ccco3)c3ccccc3C(=O)N2C2CC2)c1. The molecule has 2 heterocycles. The molecule has 2 amide bonds. The van der Waals surface area contributed by atoms with E-state index >= 15 is 0 Å². The molecule has 1 N–H and O–H groups in total. The lowest BCUT2D eigenvalue weighted by Crippen LogP contribution is -2.48. The van der Waals surface area contributed by atoms with Gasteiger partial charge in [0.05, 0.1) is 31.9 Å². The van der Waals surface area contributed by atoms with Crippen LogP contribution in [-0.4, -0.2) is 29.9 Å². The Morgan fingerprint density at radius 2 is 1.97 bits per heavy atom. The fraction of sp³-hybridized carbons (Fsp3) is 0.280. The molecule has 5 rings (SSSR count). The van der Waals surface area contributed by atoms with E-state index in [1.807, 2.05) is 59.5 Å². The van der Waals surface area contributed by atoms with E-state index in [1.165, 1.54) is 0 Å². The van der Waals surface area contributed by atoms with Gasteiger partial charge in [-0.1, -0.05) is 30.3 Å². The van der Waals surface area contributed by atoms with Crippen molar-refractivity contribution in [1.29, 1.82) is 0 Å². The van der Waals surface area contributed by atoms with Crippen LogP contribution in [0.25, 0.3) is 0 Å². The largest absolute Gasteiger partial charge is 0.497 e. The molecule has 0 saturated heterocycles. The number of carbonyl (C=O) groups excluding carboxylic acids is 2. The van der Waals surface area contributed by atoms with Gasteiger partial charge in [-0.25, -0.2) is 0 Å². The predicted octanol–water partition coefficient (Wildman–Crippen LogP) is 4.05. The van der Waals surface area contributed by atoms with Gasteiger partial charge >= 0.3 is 0 Å². The summed E-state index contributed by atoms with van der Waals surface area (Å²) in [6, 6.07) is 18.5. The van der Waals surface area contributed by atoms with Gasteiger partial charge in [0.15, 0.2) is 0 Å². The van der Waals surface area contributed by atoms with Gasteiger partial charge < -0.3 is 19.4 Å². The van der Waals surface area contributed by atoms with Gasteiger partial charge in [-0.05, 0) is 54.3 Å². The standard InChI is InChI=1S/C25H24N2O4/c1-30-18-7-4-6-16(14-18)23-22(24(28)26-15-19-8-5-13-31-19)20-9-2-3-10-21(20)25(29)27(23)17-11-12-17/h2-10,13-14,17,22-23H,11-12,15H2,1H3,(H,26,28)/t22-,23-/m1/s1. The highest BCUT2D eigenvalue weighted by atomic mass is 16.5. The van der Waals surface area contributed by atoms with Gasteiger partial charge in [0, 0.05) is 11.6 Å². The molecule has 158 valence electrons. The Kier molecular flexibility index (Phi) is 4.98. The minimum atomic E-state index is -0.531. The first-order valence-electron chi connectivity index (χ1n) is 10.5. The highest BCUT2D eigenvalue weighted by molar-refractivity contribution is 6.01. The van der Waals surface area contributed by atoms with Gasteiger partial charge in [0.25, 0.3) is 5.91 Å². The van der Waals surface area contributed by atoms with Crippen molar-refractivity contribution >= 4 is 11.8 Å². The maximum atomic E-state index is 13.6. The topological polar surface area (TPSA) is 71.8 Å². The summed E-state index contributed by atoms with van der Waals surface area (Å²) in [7, 11) is 1.62. The van der Waals surface area contributed by atoms with E-state index in [1.54, 1.807) is 19.4 Å². The van der Waals surface area contributed by atoms with Gasteiger partial charge in [-0.3, -0.25) is 9.59 Å². The Bertz CT molecular complexity index is 1100. The van der Waals surface area contributed by atoms with E-state index < -0.39 is 12.0 Å². The third-order valence-electron chi connectivity index (χ3n) is 6.05. The molecule has 0 unspecified atom stereocenters. The summed E-state index contributed by atoms with van der Waals surface area (Å²) in [5, 5.41) is 3.02. The molecule has 3 aromatic rings. The molecule has 0 radical (unpaired) electrons. The summed E-state index contributed by atoms with van der Waals surface area (Å²) in [5.41, 5.74) is 2.26. The maximum Gasteiger partial charge on any atom is 0.254 e. The molecule has 2 aliphatic rings. The number of hydrogen-bond acceptors (Lipinski definition) is 4. The highest BCUT2D eigenvalue weighted by Gasteiger charge is 2.49. The van der Waals surface area contributed by atoms with Crippen molar-refractivity contribution in [3.8, 4) is 5.75 Å². The minimum absolute atomic E-state index is 0.0130. The van der Waals surface area contributed by atoms with E-state index in [9.17, 15) is 9.59 Å². The Hall–Kier alpha value is -3.54. The first kappa shape index (κ1) is 19.4. The minimum Gasteiger partial charge on any atom is -0.497 e. The fourth-order valence-electron chi connectivity index (χ4n) is 4.47. The number of rotatable bonds is 6. The monoisotopic (exact) mass is 416 g/mol. The molecule has 0 spiro atoms. The molecule has 1 aliphatic heterocycles. The lowest BCUT2D eigenvalue weighted by molar-refractivity contribution is -0.124. The highest BCUT2D eigenvalue weighted by Crippen LogP contribution is 2.48. The molecule has 2 atom stereocenters. The van der Waals surface area contributed by atoms with Crippen LogP contribution in [0.4, 0.5) is 0 Å². The van der Waals surface area contributed by atoms with Crippen LogP contribution in [-0.2, 0) is 11.3 Å². The smallest absolute Gasteiger partial charge is 0.254 e. The van der Waals surface area contributed by atoms with E-state index in [4.69, 9.17) is 9.15 Å². The molecule has 1 fully saturated rings. The zero-order valence-electron chi connectivity index (χ0n) is 17.3. The first-order valence-corrected chi connectivity index (χ1v) is 10.5. The molecular formula is C25H24N2O4. The Labute approximate surface area is 180 Å². The number of furan rings is 1. The van der Waals surface area contributed by atoms with Crippen LogP contribution in [0.1, 0.15) is 52.0 Å². The second-order valence-corrected chi connectivity index (χ2v) is 8.03. The van der Waals surface area contributed by atoms with Gasteiger partial charge in [-0.15, -0.1) is 0 Å².